The van der Waals surface area contributed by atoms with Crippen molar-refractivity contribution in [2.24, 2.45) is 0 Å². The Kier molecular flexibility index (Phi) is 9.46. The summed E-state index contributed by atoms with van der Waals surface area (Å²) in [5.74, 6) is -2.95. The molecule has 218 valence electrons. The molecule has 5 atom stereocenters. The van der Waals surface area contributed by atoms with Crippen LogP contribution in [0.4, 0.5) is 0 Å². The Morgan fingerprint density at radius 3 is 2.12 bits per heavy atom. The molecular formula is C27H28N2O10S2. The fourth-order valence-electron chi connectivity index (χ4n) is 4.39. The number of benzene rings is 1. The van der Waals surface area contributed by atoms with E-state index in [1.807, 2.05) is 6.07 Å². The smallest absolute Gasteiger partial charge is 0.303 e. The monoisotopic (exact) mass is 604 g/mol. The maximum Gasteiger partial charge on any atom is 0.303 e. The van der Waals surface area contributed by atoms with E-state index in [9.17, 15) is 24.0 Å². The highest BCUT2D eigenvalue weighted by Crippen LogP contribution is 2.45. The van der Waals surface area contributed by atoms with Crippen LogP contribution in [0.15, 0.2) is 34.5 Å². The summed E-state index contributed by atoms with van der Waals surface area (Å²) in [7, 11) is 0. The van der Waals surface area contributed by atoms with Gasteiger partial charge in [0, 0.05) is 38.6 Å². The molecule has 0 aliphatic carbocycles. The van der Waals surface area contributed by atoms with Gasteiger partial charge in [0.05, 0.1) is 15.4 Å². The van der Waals surface area contributed by atoms with Gasteiger partial charge in [-0.1, -0.05) is 42.1 Å². The zero-order chi connectivity index (χ0) is 29.8. The summed E-state index contributed by atoms with van der Waals surface area (Å²) >= 11 is 2.32. The highest BCUT2D eigenvalue weighted by Gasteiger charge is 2.52. The van der Waals surface area contributed by atoms with Gasteiger partial charge in [-0.25, -0.2) is 0 Å². The Morgan fingerprint density at radius 2 is 1.51 bits per heavy atom. The van der Waals surface area contributed by atoms with Crippen LogP contribution in [0.3, 0.4) is 0 Å². The minimum Gasteiger partial charge on any atom is -0.463 e. The average molecular weight is 605 g/mol. The Hall–Kier alpha value is -3.75. The van der Waals surface area contributed by atoms with Gasteiger partial charge in [-0.05, 0) is 6.92 Å². The maximum absolute atomic E-state index is 13.4. The molecule has 1 fully saturated rings. The van der Waals surface area contributed by atoms with Crippen molar-refractivity contribution in [2.45, 2.75) is 68.7 Å². The van der Waals surface area contributed by atoms with Gasteiger partial charge in [0.1, 0.15) is 23.0 Å². The number of carbonyl (C=O) groups is 5. The molecule has 0 bridgehead atoms. The van der Waals surface area contributed by atoms with Crippen LogP contribution < -0.4 is 0 Å². The van der Waals surface area contributed by atoms with Crippen LogP contribution in [0.2, 0.25) is 0 Å². The lowest BCUT2D eigenvalue weighted by molar-refractivity contribution is -0.237. The quantitative estimate of drug-likeness (QED) is 0.216. The predicted molar refractivity (Wildman–Crippen MR) is 146 cm³/mol. The number of aromatic amines is 1. The van der Waals surface area contributed by atoms with E-state index < -0.39 is 53.7 Å². The Balaban J connectivity index is 1.77. The topological polar surface area (TPSA) is 160 Å². The number of hydrogen-bond donors (Lipinski definition) is 1. The Labute approximate surface area is 243 Å². The van der Waals surface area contributed by atoms with Crippen LogP contribution in [0, 0.1) is 6.92 Å². The molecule has 0 unspecified atom stereocenters. The molecule has 41 heavy (non-hydrogen) atoms. The molecule has 3 aromatic rings. The maximum atomic E-state index is 13.4. The first-order valence-corrected chi connectivity index (χ1v) is 14.2. The van der Waals surface area contributed by atoms with E-state index in [1.165, 1.54) is 25.2 Å². The second kappa shape index (κ2) is 12.8. The Bertz CT molecular complexity index is 1470. The van der Waals surface area contributed by atoms with E-state index in [4.69, 9.17) is 23.7 Å². The lowest BCUT2D eigenvalue weighted by Gasteiger charge is -2.44. The van der Waals surface area contributed by atoms with Gasteiger partial charge in [-0.2, -0.15) is 5.10 Å². The highest BCUT2D eigenvalue weighted by molar-refractivity contribution is 8.01. The number of hydrogen-bond acceptors (Lipinski definition) is 13. The van der Waals surface area contributed by atoms with Crippen molar-refractivity contribution in [3.05, 3.63) is 46.5 Å². The third-order valence-electron chi connectivity index (χ3n) is 5.99. The van der Waals surface area contributed by atoms with Crippen LogP contribution in [0.25, 0.3) is 10.9 Å². The molecule has 14 heteroatoms. The molecule has 1 aromatic carbocycles. The van der Waals surface area contributed by atoms with Crippen molar-refractivity contribution in [3.8, 4) is 0 Å². The zero-order valence-corrected chi connectivity index (χ0v) is 24.5. The normalized spacial score (nSPS) is 22.1. The molecule has 12 nitrogen and oxygen atoms in total. The summed E-state index contributed by atoms with van der Waals surface area (Å²) < 4.78 is 28.5. The van der Waals surface area contributed by atoms with Crippen molar-refractivity contribution < 1.29 is 47.7 Å². The van der Waals surface area contributed by atoms with Gasteiger partial charge >= 0.3 is 23.9 Å². The van der Waals surface area contributed by atoms with Gasteiger partial charge in [0.25, 0.3) is 0 Å². The van der Waals surface area contributed by atoms with Crippen molar-refractivity contribution in [1.82, 2.24) is 10.2 Å². The third-order valence-corrected chi connectivity index (χ3v) is 8.54. The van der Waals surface area contributed by atoms with E-state index in [-0.39, 0.29) is 12.4 Å². The third kappa shape index (κ3) is 6.94. The molecule has 1 saturated heterocycles. The number of nitrogens with zero attached hydrogens (tertiary/aromatic N) is 1. The lowest BCUT2D eigenvalue weighted by atomic mass is 9.99. The number of ether oxygens (including phenoxy) is 5. The second-order valence-electron chi connectivity index (χ2n) is 9.16. The zero-order valence-electron chi connectivity index (χ0n) is 22.8. The van der Waals surface area contributed by atoms with Crippen LogP contribution in [0.1, 0.15) is 48.6 Å². The summed E-state index contributed by atoms with van der Waals surface area (Å²) in [6.07, 6.45) is -4.87. The number of aryl methyl sites for hydroxylation is 1. The number of fused-ring (bicyclic) bond motifs is 1. The SMILES string of the molecule is CC(=O)OC[C@H]1O[C@@H](Sc2sc(C(=O)c3ccccc3)c3[nH]nc(C)c23)[C@H](OC(C)=O)[C@@H](OC(C)=O)[C@H]1OC(C)=O. The number of thiophene rings is 1. The summed E-state index contributed by atoms with van der Waals surface area (Å²) in [5.41, 5.74) is 0.615. The van der Waals surface area contributed by atoms with Crippen LogP contribution in [-0.4, -0.2) is 76.3 Å². The molecule has 0 radical (unpaired) electrons. The molecule has 0 spiro atoms. The van der Waals surface area contributed by atoms with E-state index in [2.05, 4.69) is 10.2 Å². The van der Waals surface area contributed by atoms with Crippen molar-refractivity contribution >= 4 is 63.7 Å². The van der Waals surface area contributed by atoms with E-state index in [1.54, 1.807) is 31.2 Å². The molecule has 2 aromatic heterocycles. The van der Waals surface area contributed by atoms with Gasteiger partial charge in [0.15, 0.2) is 18.3 Å². The summed E-state index contributed by atoms with van der Waals surface area (Å²) in [6, 6.07) is 8.77. The molecule has 1 aliphatic rings. The minimum atomic E-state index is -1.29. The largest absolute Gasteiger partial charge is 0.463 e. The standard InChI is InChI=1S/C27H28N2O10S2/c1-12-19-20(29-28-12)25(21(34)17-9-7-6-8-10-17)40-27(19)41-26-24(38-16(5)33)23(37-15(4)32)22(36-14(3)31)18(39-26)11-35-13(2)30/h6-10,18,22-24,26,29H,11H2,1-5H3/t18-,22+,23+,24-,26+/m1/s1. The molecule has 4 rings (SSSR count). The summed E-state index contributed by atoms with van der Waals surface area (Å²) in [6.45, 7) is 6.14. The number of aromatic nitrogens is 2. The number of esters is 4. The van der Waals surface area contributed by atoms with Gasteiger partial charge in [-0.15, -0.1) is 11.3 Å². The number of carbonyl (C=O) groups excluding carboxylic acids is 5. The summed E-state index contributed by atoms with van der Waals surface area (Å²) in [4.78, 5) is 61.7. The fourth-order valence-corrected chi connectivity index (χ4v) is 7.24. The van der Waals surface area contributed by atoms with Crippen LogP contribution in [-0.2, 0) is 42.9 Å². The molecule has 0 saturated carbocycles. The molecule has 1 N–H and O–H groups in total. The second-order valence-corrected chi connectivity index (χ2v) is 11.5. The van der Waals surface area contributed by atoms with Crippen LogP contribution in [0.5, 0.6) is 0 Å². The predicted octanol–water partition coefficient (Wildman–Crippen LogP) is 3.34. The molecular weight excluding hydrogens is 576 g/mol. The summed E-state index contributed by atoms with van der Waals surface area (Å²) in [5, 5.41) is 7.88. The molecule has 0 amide bonds. The van der Waals surface area contributed by atoms with Gasteiger partial charge in [-0.3, -0.25) is 29.1 Å². The lowest BCUT2D eigenvalue weighted by Crippen LogP contribution is -2.61. The van der Waals surface area contributed by atoms with E-state index in [0.29, 0.717) is 31.2 Å². The van der Waals surface area contributed by atoms with Gasteiger partial charge < -0.3 is 23.7 Å². The molecule has 3 heterocycles. The number of ketones is 1. The number of thioether (sulfide) groups is 1. The number of nitrogens with one attached hydrogen (secondary N) is 1. The first-order valence-electron chi connectivity index (χ1n) is 12.5. The average Bonchev–Trinajstić information content (AvgIpc) is 3.46. The Morgan fingerprint density at radius 1 is 0.902 bits per heavy atom. The van der Waals surface area contributed by atoms with Crippen LogP contribution >= 0.6 is 23.1 Å². The van der Waals surface area contributed by atoms with E-state index in [0.717, 1.165) is 25.6 Å². The first-order chi connectivity index (χ1) is 19.5. The fraction of sp³-hybridized carbons (Fsp3) is 0.407. The number of H-pyrrole nitrogens is 1. The van der Waals surface area contributed by atoms with Crippen molar-refractivity contribution in [3.63, 3.8) is 0 Å². The minimum absolute atomic E-state index is 0.211. The van der Waals surface area contributed by atoms with Crippen molar-refractivity contribution in [2.75, 3.05) is 6.61 Å². The number of rotatable bonds is 9. The first kappa shape index (κ1) is 30.2. The highest BCUT2D eigenvalue weighted by atomic mass is 32.2. The van der Waals surface area contributed by atoms with E-state index >= 15 is 0 Å². The molecule has 1 aliphatic heterocycles. The van der Waals surface area contributed by atoms with Crippen molar-refractivity contribution in [1.29, 1.82) is 0 Å². The van der Waals surface area contributed by atoms with Gasteiger partial charge in [0.2, 0.25) is 5.78 Å².